The molecular formula is C16H21N3S. The number of nitrogens with two attached hydrogens (primary N) is 1. The van der Waals surface area contributed by atoms with Gasteiger partial charge in [-0.3, -0.25) is 0 Å². The largest absolute Gasteiger partial charge is 0.370 e. The Kier molecular flexibility index (Phi) is 5.18. The maximum Gasteiger partial charge on any atom is 0.193 e. The van der Waals surface area contributed by atoms with Crippen molar-refractivity contribution in [1.29, 1.82) is 0 Å². The van der Waals surface area contributed by atoms with Crippen LogP contribution in [-0.4, -0.2) is 5.96 Å². The van der Waals surface area contributed by atoms with Gasteiger partial charge in [-0.05, 0) is 41.5 Å². The molecule has 20 heavy (non-hydrogen) atoms. The van der Waals surface area contributed by atoms with Crippen molar-refractivity contribution in [3.63, 3.8) is 0 Å². The maximum absolute atomic E-state index is 5.89. The van der Waals surface area contributed by atoms with E-state index in [1.54, 1.807) is 11.3 Å². The third-order valence-electron chi connectivity index (χ3n) is 3.35. The quantitative estimate of drug-likeness (QED) is 0.640. The second-order valence-electron chi connectivity index (χ2n) is 4.84. The molecule has 1 unspecified atom stereocenters. The van der Waals surface area contributed by atoms with E-state index in [-0.39, 0.29) is 0 Å². The van der Waals surface area contributed by atoms with Crippen LogP contribution in [-0.2, 0) is 6.54 Å². The fourth-order valence-electron chi connectivity index (χ4n) is 1.88. The van der Waals surface area contributed by atoms with Gasteiger partial charge in [-0.15, -0.1) is 11.3 Å². The normalized spacial score (nSPS) is 13.2. The summed E-state index contributed by atoms with van der Waals surface area (Å²) in [5.41, 5.74) is 8.22. The zero-order valence-electron chi connectivity index (χ0n) is 12.0. The van der Waals surface area contributed by atoms with Gasteiger partial charge in [0.1, 0.15) is 0 Å². The SMILES string of the molecule is CCC(C)c1ccc(NC(N)=NCc2cccs2)cc1. The number of benzene rings is 1. The standard InChI is InChI=1S/C16H21N3S/c1-3-12(2)13-6-8-14(9-7-13)19-16(17)18-11-15-5-4-10-20-15/h4-10,12H,3,11H2,1-2H3,(H3,17,18,19). The van der Waals surface area contributed by atoms with Gasteiger partial charge in [0.25, 0.3) is 0 Å². The maximum atomic E-state index is 5.89. The highest BCUT2D eigenvalue weighted by atomic mass is 32.1. The zero-order valence-corrected chi connectivity index (χ0v) is 12.8. The van der Waals surface area contributed by atoms with Crippen LogP contribution in [0.2, 0.25) is 0 Å². The van der Waals surface area contributed by atoms with Gasteiger partial charge in [-0.1, -0.05) is 32.0 Å². The number of hydrogen-bond donors (Lipinski definition) is 2. The molecule has 0 saturated carbocycles. The van der Waals surface area contributed by atoms with Crippen LogP contribution in [0.4, 0.5) is 5.69 Å². The molecule has 1 aromatic carbocycles. The summed E-state index contributed by atoms with van der Waals surface area (Å²) < 4.78 is 0. The van der Waals surface area contributed by atoms with E-state index in [0.717, 1.165) is 12.1 Å². The van der Waals surface area contributed by atoms with E-state index >= 15 is 0 Å². The van der Waals surface area contributed by atoms with Crippen LogP contribution in [0, 0.1) is 0 Å². The number of thiophene rings is 1. The van der Waals surface area contributed by atoms with Crippen LogP contribution in [0.5, 0.6) is 0 Å². The first-order valence-corrected chi connectivity index (χ1v) is 7.76. The fourth-order valence-corrected chi connectivity index (χ4v) is 2.51. The number of hydrogen-bond acceptors (Lipinski definition) is 2. The van der Waals surface area contributed by atoms with Crippen molar-refractivity contribution in [3.05, 3.63) is 52.2 Å². The van der Waals surface area contributed by atoms with Gasteiger partial charge < -0.3 is 11.1 Å². The van der Waals surface area contributed by atoms with E-state index in [4.69, 9.17) is 5.73 Å². The zero-order chi connectivity index (χ0) is 14.4. The van der Waals surface area contributed by atoms with Gasteiger partial charge in [0.05, 0.1) is 6.54 Å². The number of nitrogens with one attached hydrogen (secondary N) is 1. The van der Waals surface area contributed by atoms with Crippen molar-refractivity contribution in [3.8, 4) is 0 Å². The van der Waals surface area contributed by atoms with Crippen LogP contribution in [0.15, 0.2) is 46.8 Å². The number of rotatable bonds is 5. The molecular weight excluding hydrogens is 266 g/mol. The summed E-state index contributed by atoms with van der Waals surface area (Å²) in [6.45, 7) is 5.06. The lowest BCUT2D eigenvalue weighted by Gasteiger charge is -2.10. The predicted octanol–water partition coefficient (Wildman–Crippen LogP) is 4.19. The highest BCUT2D eigenvalue weighted by Gasteiger charge is 2.02. The summed E-state index contributed by atoms with van der Waals surface area (Å²) in [4.78, 5) is 5.54. The average Bonchev–Trinajstić information content (AvgIpc) is 2.98. The molecule has 0 aliphatic heterocycles. The lowest BCUT2D eigenvalue weighted by molar-refractivity contribution is 0.734. The minimum Gasteiger partial charge on any atom is -0.370 e. The minimum atomic E-state index is 0.453. The molecule has 0 radical (unpaired) electrons. The van der Waals surface area contributed by atoms with Gasteiger partial charge >= 0.3 is 0 Å². The van der Waals surface area contributed by atoms with Gasteiger partial charge in [-0.25, -0.2) is 4.99 Å². The van der Waals surface area contributed by atoms with Crippen LogP contribution < -0.4 is 11.1 Å². The monoisotopic (exact) mass is 287 g/mol. The van der Waals surface area contributed by atoms with Crippen LogP contribution in [0.3, 0.4) is 0 Å². The summed E-state index contributed by atoms with van der Waals surface area (Å²) in [7, 11) is 0. The highest BCUT2D eigenvalue weighted by molar-refractivity contribution is 7.09. The molecule has 0 bridgehead atoms. The molecule has 0 aliphatic carbocycles. The smallest absolute Gasteiger partial charge is 0.193 e. The number of anilines is 1. The second-order valence-corrected chi connectivity index (χ2v) is 5.87. The van der Waals surface area contributed by atoms with E-state index in [1.165, 1.54) is 10.4 Å². The Labute approximate surface area is 124 Å². The van der Waals surface area contributed by atoms with E-state index in [1.807, 2.05) is 11.4 Å². The molecule has 1 aromatic heterocycles. The number of nitrogens with zero attached hydrogens (tertiary/aromatic N) is 1. The average molecular weight is 287 g/mol. The van der Waals surface area contributed by atoms with Crippen molar-refractivity contribution in [2.75, 3.05) is 5.32 Å². The van der Waals surface area contributed by atoms with Crippen molar-refractivity contribution >= 4 is 23.0 Å². The summed E-state index contributed by atoms with van der Waals surface area (Å²) in [5.74, 6) is 1.04. The van der Waals surface area contributed by atoms with Crippen molar-refractivity contribution in [1.82, 2.24) is 0 Å². The van der Waals surface area contributed by atoms with E-state index in [2.05, 4.69) is 54.5 Å². The first kappa shape index (κ1) is 14.6. The molecule has 1 atom stereocenters. The Morgan fingerprint density at radius 2 is 2.05 bits per heavy atom. The third kappa shape index (κ3) is 4.10. The molecule has 1 heterocycles. The molecule has 0 fully saturated rings. The molecule has 3 N–H and O–H groups in total. The third-order valence-corrected chi connectivity index (χ3v) is 4.21. The van der Waals surface area contributed by atoms with Gasteiger partial charge in [0.15, 0.2) is 5.96 Å². The first-order valence-electron chi connectivity index (χ1n) is 6.88. The van der Waals surface area contributed by atoms with Crippen LogP contribution in [0.1, 0.15) is 36.6 Å². The second kappa shape index (κ2) is 7.10. The summed E-state index contributed by atoms with van der Waals surface area (Å²) >= 11 is 1.69. The van der Waals surface area contributed by atoms with Crippen molar-refractivity contribution in [2.45, 2.75) is 32.7 Å². The Balaban J connectivity index is 1.93. The van der Waals surface area contributed by atoms with Gasteiger partial charge in [0.2, 0.25) is 0 Å². The summed E-state index contributed by atoms with van der Waals surface area (Å²) in [6.07, 6.45) is 1.15. The van der Waals surface area contributed by atoms with E-state index < -0.39 is 0 Å². The lowest BCUT2D eigenvalue weighted by atomic mass is 9.99. The van der Waals surface area contributed by atoms with Crippen molar-refractivity contribution in [2.24, 2.45) is 10.7 Å². The summed E-state index contributed by atoms with van der Waals surface area (Å²) in [6, 6.07) is 12.5. The molecule has 2 aromatic rings. The molecule has 106 valence electrons. The van der Waals surface area contributed by atoms with E-state index in [9.17, 15) is 0 Å². The minimum absolute atomic E-state index is 0.453. The molecule has 0 amide bonds. The Hall–Kier alpha value is -1.81. The fraction of sp³-hybridized carbons (Fsp3) is 0.312. The number of guanidine groups is 1. The Bertz CT molecular complexity index is 544. The van der Waals surface area contributed by atoms with Gasteiger partial charge in [0, 0.05) is 10.6 Å². The Morgan fingerprint density at radius 1 is 1.30 bits per heavy atom. The molecule has 0 spiro atoms. The van der Waals surface area contributed by atoms with Crippen LogP contribution in [0.25, 0.3) is 0 Å². The first-order chi connectivity index (χ1) is 9.69. The van der Waals surface area contributed by atoms with Crippen LogP contribution >= 0.6 is 11.3 Å². The molecule has 4 heteroatoms. The summed E-state index contributed by atoms with van der Waals surface area (Å²) in [5, 5.41) is 5.16. The lowest BCUT2D eigenvalue weighted by Crippen LogP contribution is -2.22. The molecule has 3 nitrogen and oxygen atoms in total. The topological polar surface area (TPSA) is 50.4 Å². The molecule has 2 rings (SSSR count). The predicted molar refractivity (Wildman–Crippen MR) is 88.4 cm³/mol. The highest BCUT2D eigenvalue weighted by Crippen LogP contribution is 2.20. The van der Waals surface area contributed by atoms with Crippen molar-refractivity contribution < 1.29 is 0 Å². The Morgan fingerprint density at radius 3 is 2.65 bits per heavy atom. The molecule has 0 aliphatic rings. The van der Waals surface area contributed by atoms with Gasteiger partial charge in [-0.2, -0.15) is 0 Å². The number of aliphatic imine (C=N–C) groups is 1. The van der Waals surface area contributed by atoms with E-state index in [0.29, 0.717) is 18.4 Å². The molecule has 0 saturated heterocycles.